The summed E-state index contributed by atoms with van der Waals surface area (Å²) in [6.45, 7) is 7.76. The topological polar surface area (TPSA) is 58.9 Å². The zero-order valence-corrected chi connectivity index (χ0v) is 13.2. The van der Waals surface area contributed by atoms with Gasteiger partial charge in [-0.3, -0.25) is 0 Å². The Bertz CT molecular complexity index is 491. The van der Waals surface area contributed by atoms with Gasteiger partial charge in [0.15, 0.2) is 0 Å². The highest BCUT2D eigenvalue weighted by Gasteiger charge is 2.52. The zero-order chi connectivity index (χ0) is 15.0. The van der Waals surface area contributed by atoms with Crippen molar-refractivity contribution in [1.82, 2.24) is 0 Å². The van der Waals surface area contributed by atoms with E-state index in [1.807, 2.05) is 45.2 Å². The molecule has 0 unspecified atom stereocenters. The van der Waals surface area contributed by atoms with E-state index >= 15 is 0 Å². The molecule has 1 aromatic heterocycles. The molecular formula is C14H21BO4S. The largest absolute Gasteiger partial charge is 0.492 e. The summed E-state index contributed by atoms with van der Waals surface area (Å²) in [5.41, 5.74) is 0.703. The first-order chi connectivity index (χ1) is 9.30. The average Bonchev–Trinajstić information content (AvgIpc) is 2.88. The first kappa shape index (κ1) is 15.7. The minimum atomic E-state index is -0.559. The first-order valence-corrected chi connectivity index (χ1v) is 7.53. The lowest BCUT2D eigenvalue weighted by molar-refractivity contribution is 0.00578. The molecule has 6 heteroatoms. The van der Waals surface area contributed by atoms with Crippen LogP contribution in [0.1, 0.15) is 38.1 Å². The van der Waals surface area contributed by atoms with Crippen LogP contribution in [-0.4, -0.2) is 35.1 Å². The van der Waals surface area contributed by atoms with Crippen LogP contribution in [0.2, 0.25) is 0 Å². The maximum Gasteiger partial charge on any atom is 0.492 e. The molecule has 0 aliphatic carbocycles. The van der Waals surface area contributed by atoms with Crippen LogP contribution >= 0.6 is 11.3 Å². The molecule has 1 saturated heterocycles. The Kier molecular flexibility index (Phi) is 4.42. The molecule has 4 nitrogen and oxygen atoms in total. The zero-order valence-electron chi connectivity index (χ0n) is 12.3. The van der Waals surface area contributed by atoms with E-state index in [1.165, 1.54) is 11.3 Å². The van der Waals surface area contributed by atoms with Crippen LogP contribution in [0.25, 0.3) is 6.08 Å². The van der Waals surface area contributed by atoms with Crippen LogP contribution in [0.5, 0.6) is 0 Å². The number of hydrogen-bond acceptors (Lipinski definition) is 5. The van der Waals surface area contributed by atoms with Gasteiger partial charge < -0.3 is 19.5 Å². The smallest absolute Gasteiger partial charge is 0.400 e. The number of aliphatic hydroxyl groups excluding tert-OH is 2. The molecular weight excluding hydrogens is 275 g/mol. The molecule has 0 amide bonds. The molecule has 1 fully saturated rings. The van der Waals surface area contributed by atoms with E-state index in [4.69, 9.17) is 9.31 Å². The maximum absolute atomic E-state index is 9.60. The second kappa shape index (κ2) is 5.62. The average molecular weight is 296 g/mol. The normalized spacial score (nSPS) is 21.5. The number of rotatable bonds is 4. The molecule has 1 aliphatic rings. The molecule has 110 valence electrons. The van der Waals surface area contributed by atoms with Gasteiger partial charge in [0.25, 0.3) is 0 Å². The van der Waals surface area contributed by atoms with Crippen molar-refractivity contribution >= 4 is 24.5 Å². The summed E-state index contributed by atoms with van der Waals surface area (Å²) < 4.78 is 11.9. The summed E-state index contributed by atoms with van der Waals surface area (Å²) >= 11 is 1.49. The van der Waals surface area contributed by atoms with Crippen molar-refractivity contribution < 1.29 is 19.5 Å². The predicted octanol–water partition coefficient (Wildman–Crippen LogP) is 2.25. The van der Waals surface area contributed by atoms with Crippen molar-refractivity contribution in [2.24, 2.45) is 0 Å². The monoisotopic (exact) mass is 296 g/mol. The summed E-state index contributed by atoms with van der Waals surface area (Å²) in [6, 6.07) is 1.91. The van der Waals surface area contributed by atoms with Crippen LogP contribution in [0, 0.1) is 0 Å². The van der Waals surface area contributed by atoms with Gasteiger partial charge in [-0.25, -0.2) is 0 Å². The fourth-order valence-corrected chi connectivity index (χ4v) is 2.71. The van der Waals surface area contributed by atoms with E-state index in [2.05, 4.69) is 0 Å². The molecule has 0 radical (unpaired) electrons. The van der Waals surface area contributed by atoms with Gasteiger partial charge >= 0.3 is 7.12 Å². The highest BCUT2D eigenvalue weighted by molar-refractivity contribution is 7.10. The summed E-state index contributed by atoms with van der Waals surface area (Å²) in [5.74, 6) is 0. The lowest BCUT2D eigenvalue weighted by Gasteiger charge is -2.32. The minimum Gasteiger partial charge on any atom is -0.400 e. The van der Waals surface area contributed by atoms with Gasteiger partial charge in [-0.05, 0) is 50.2 Å². The highest BCUT2D eigenvalue weighted by Crippen LogP contribution is 2.38. The van der Waals surface area contributed by atoms with Crippen molar-refractivity contribution in [2.45, 2.75) is 45.5 Å². The Hall–Kier alpha value is -0.655. The highest BCUT2D eigenvalue weighted by atomic mass is 32.1. The molecule has 0 saturated carbocycles. The van der Waals surface area contributed by atoms with Crippen molar-refractivity contribution in [3.8, 4) is 0 Å². The van der Waals surface area contributed by atoms with Gasteiger partial charge in [-0.2, -0.15) is 0 Å². The molecule has 0 aromatic carbocycles. The summed E-state index contributed by atoms with van der Waals surface area (Å²) in [5, 5.41) is 20.8. The molecule has 0 atom stereocenters. The predicted molar refractivity (Wildman–Crippen MR) is 81.4 cm³/mol. The van der Waals surface area contributed by atoms with Crippen molar-refractivity contribution in [3.63, 3.8) is 0 Å². The van der Waals surface area contributed by atoms with Crippen LogP contribution in [-0.2, 0) is 15.9 Å². The summed E-state index contributed by atoms with van der Waals surface area (Å²) in [6.07, 6.45) is 1.84. The number of hydrogen-bond donors (Lipinski definition) is 2. The Morgan fingerprint density at radius 1 is 1.25 bits per heavy atom. The van der Waals surface area contributed by atoms with E-state index in [-0.39, 0.29) is 13.2 Å². The van der Waals surface area contributed by atoms with E-state index < -0.39 is 18.3 Å². The van der Waals surface area contributed by atoms with E-state index in [0.717, 1.165) is 10.4 Å². The molecule has 20 heavy (non-hydrogen) atoms. The Morgan fingerprint density at radius 3 is 2.35 bits per heavy atom. The van der Waals surface area contributed by atoms with Gasteiger partial charge in [-0.15, -0.1) is 11.3 Å². The fraction of sp³-hybridized carbons (Fsp3) is 0.571. The summed E-state index contributed by atoms with van der Waals surface area (Å²) in [4.78, 5) is 0.868. The van der Waals surface area contributed by atoms with Crippen molar-refractivity contribution in [1.29, 1.82) is 0 Å². The third kappa shape index (κ3) is 2.85. The second-order valence-corrected chi connectivity index (χ2v) is 6.92. The molecule has 2 rings (SSSR count). The molecule has 1 aromatic rings. The number of aliphatic hydroxyl groups is 2. The van der Waals surface area contributed by atoms with E-state index in [0.29, 0.717) is 5.47 Å². The maximum atomic E-state index is 9.60. The first-order valence-electron chi connectivity index (χ1n) is 6.65. The second-order valence-electron chi connectivity index (χ2n) is 5.92. The molecule has 2 heterocycles. The SMILES string of the molecule is CC1(C)OB(C(=Cc2ccsc2CO)CO)OC1(C)C. The third-order valence-corrected chi connectivity index (χ3v) is 4.92. The van der Waals surface area contributed by atoms with Gasteiger partial charge in [0.05, 0.1) is 24.4 Å². The van der Waals surface area contributed by atoms with Crippen molar-refractivity contribution in [2.75, 3.05) is 6.61 Å². The van der Waals surface area contributed by atoms with Gasteiger partial charge in [0.2, 0.25) is 0 Å². The Morgan fingerprint density at radius 2 is 1.85 bits per heavy atom. The fourth-order valence-electron chi connectivity index (χ4n) is 1.99. The lowest BCUT2D eigenvalue weighted by Crippen LogP contribution is -2.41. The summed E-state index contributed by atoms with van der Waals surface area (Å²) in [7, 11) is -0.559. The third-order valence-electron chi connectivity index (χ3n) is 4.00. The van der Waals surface area contributed by atoms with Crippen LogP contribution < -0.4 is 0 Å². The van der Waals surface area contributed by atoms with E-state index in [9.17, 15) is 10.2 Å². The number of thiophene rings is 1. The van der Waals surface area contributed by atoms with Crippen LogP contribution in [0.4, 0.5) is 0 Å². The molecule has 1 aliphatic heterocycles. The quantitative estimate of drug-likeness (QED) is 0.837. The molecule has 0 spiro atoms. The van der Waals surface area contributed by atoms with E-state index in [1.54, 1.807) is 0 Å². The Labute approximate surface area is 124 Å². The lowest BCUT2D eigenvalue weighted by atomic mass is 9.77. The van der Waals surface area contributed by atoms with Gasteiger partial charge in [0.1, 0.15) is 0 Å². The van der Waals surface area contributed by atoms with Gasteiger partial charge in [-0.1, -0.05) is 6.08 Å². The van der Waals surface area contributed by atoms with Crippen LogP contribution in [0.3, 0.4) is 0 Å². The molecule has 0 bridgehead atoms. The van der Waals surface area contributed by atoms with Crippen molar-refractivity contribution in [3.05, 3.63) is 27.4 Å². The van der Waals surface area contributed by atoms with Gasteiger partial charge in [0, 0.05) is 4.88 Å². The minimum absolute atomic E-state index is 0.00836. The van der Waals surface area contributed by atoms with Crippen LogP contribution in [0.15, 0.2) is 16.9 Å². The Balaban J connectivity index is 2.26. The molecule has 2 N–H and O–H groups in total. The standard InChI is InChI=1S/C14H21BO4S/c1-13(2)14(3,4)19-15(18-13)11(8-16)7-10-5-6-20-12(10)9-17/h5-7,16-17H,8-9H2,1-4H3.